The van der Waals surface area contributed by atoms with E-state index in [-0.39, 0.29) is 12.1 Å². The van der Waals surface area contributed by atoms with E-state index in [1.54, 1.807) is 28.4 Å². The standard InChI is InChI=1S/C28H39NO8/c1-9-35-23(36-10-2)16-29-17(3)24-21(15-22(32-6)27(33-7)28(24)34-8)26(37-18(4)30)25(29)19-12-11-13-20(14-19)31-5/h11-15,17,23,25-26H,9-10,16H2,1-8H3/t17-,25+,26-/m0/s1. The number of methoxy groups -OCH3 is 4. The van der Waals surface area contributed by atoms with Crippen molar-refractivity contribution in [3.8, 4) is 23.0 Å². The summed E-state index contributed by atoms with van der Waals surface area (Å²) in [4.78, 5) is 14.7. The van der Waals surface area contributed by atoms with Gasteiger partial charge in [-0.25, -0.2) is 0 Å². The minimum absolute atomic E-state index is 0.198. The van der Waals surface area contributed by atoms with Crippen molar-refractivity contribution in [3.05, 3.63) is 47.0 Å². The van der Waals surface area contributed by atoms with Gasteiger partial charge in [0.1, 0.15) is 11.9 Å². The van der Waals surface area contributed by atoms with E-state index < -0.39 is 18.4 Å². The number of rotatable bonds is 12. The highest BCUT2D eigenvalue weighted by Crippen LogP contribution is 2.55. The third-order valence-corrected chi connectivity index (χ3v) is 6.56. The molecule has 0 radical (unpaired) electrons. The van der Waals surface area contributed by atoms with E-state index in [0.29, 0.717) is 42.8 Å². The van der Waals surface area contributed by atoms with Crippen LogP contribution < -0.4 is 18.9 Å². The van der Waals surface area contributed by atoms with Crippen molar-refractivity contribution in [3.63, 3.8) is 0 Å². The quantitative estimate of drug-likeness (QED) is 0.290. The molecule has 3 rings (SSSR count). The molecule has 9 nitrogen and oxygen atoms in total. The first-order valence-electron chi connectivity index (χ1n) is 12.5. The number of hydrogen-bond donors (Lipinski definition) is 0. The Morgan fingerprint density at radius 1 is 0.946 bits per heavy atom. The van der Waals surface area contributed by atoms with Crippen LogP contribution in [0.15, 0.2) is 30.3 Å². The van der Waals surface area contributed by atoms with Gasteiger partial charge in [-0.15, -0.1) is 0 Å². The Kier molecular flexibility index (Phi) is 10.0. The molecule has 0 aromatic heterocycles. The Hall–Kier alpha value is -3.01. The maximum Gasteiger partial charge on any atom is 0.303 e. The summed E-state index contributed by atoms with van der Waals surface area (Å²) >= 11 is 0. The third-order valence-electron chi connectivity index (χ3n) is 6.56. The van der Waals surface area contributed by atoms with Crippen molar-refractivity contribution in [2.24, 2.45) is 0 Å². The van der Waals surface area contributed by atoms with Crippen molar-refractivity contribution >= 4 is 5.97 Å². The lowest BCUT2D eigenvalue weighted by Gasteiger charge is -2.47. The van der Waals surface area contributed by atoms with Gasteiger partial charge < -0.3 is 33.2 Å². The Bertz CT molecular complexity index is 1050. The Balaban J connectivity index is 2.32. The molecule has 2 aromatic carbocycles. The Morgan fingerprint density at radius 3 is 2.16 bits per heavy atom. The highest BCUT2D eigenvalue weighted by molar-refractivity contribution is 5.68. The van der Waals surface area contributed by atoms with Crippen LogP contribution in [0.1, 0.15) is 62.6 Å². The zero-order chi connectivity index (χ0) is 27.1. The second kappa shape index (κ2) is 13.0. The summed E-state index contributed by atoms with van der Waals surface area (Å²) in [6.45, 7) is 8.76. The fourth-order valence-electron chi connectivity index (χ4n) is 5.08. The van der Waals surface area contributed by atoms with Gasteiger partial charge in [-0.3, -0.25) is 9.69 Å². The predicted octanol–water partition coefficient (Wildman–Crippen LogP) is 4.84. The molecule has 0 bridgehead atoms. The summed E-state index contributed by atoms with van der Waals surface area (Å²) in [6, 6.07) is 9.06. The Labute approximate surface area is 219 Å². The maximum absolute atomic E-state index is 12.5. The lowest BCUT2D eigenvalue weighted by atomic mass is 9.82. The van der Waals surface area contributed by atoms with Gasteiger partial charge >= 0.3 is 5.97 Å². The SMILES string of the molecule is CCOC(CN1[C@H](c2cccc(OC)c2)[C@@H](OC(C)=O)c2cc(OC)c(OC)c(OC)c2[C@@H]1C)OCC. The number of esters is 1. The van der Waals surface area contributed by atoms with Crippen LogP contribution in [0.2, 0.25) is 0 Å². The zero-order valence-corrected chi connectivity index (χ0v) is 23.0. The first kappa shape index (κ1) is 28.6. The molecule has 204 valence electrons. The number of ether oxygens (including phenoxy) is 7. The van der Waals surface area contributed by atoms with E-state index >= 15 is 0 Å². The van der Waals surface area contributed by atoms with Gasteiger partial charge in [-0.1, -0.05) is 12.1 Å². The molecule has 0 amide bonds. The molecule has 0 saturated heterocycles. The number of hydrogen-bond acceptors (Lipinski definition) is 9. The third kappa shape index (κ3) is 5.95. The monoisotopic (exact) mass is 517 g/mol. The largest absolute Gasteiger partial charge is 0.497 e. The highest BCUT2D eigenvalue weighted by atomic mass is 16.7. The Morgan fingerprint density at radius 2 is 1.62 bits per heavy atom. The summed E-state index contributed by atoms with van der Waals surface area (Å²) < 4.78 is 40.6. The lowest BCUT2D eigenvalue weighted by Crippen LogP contribution is -2.46. The van der Waals surface area contributed by atoms with E-state index in [2.05, 4.69) is 11.8 Å². The molecular weight excluding hydrogens is 478 g/mol. The van der Waals surface area contributed by atoms with Crippen molar-refractivity contribution in [2.45, 2.75) is 52.2 Å². The molecule has 2 aromatic rings. The van der Waals surface area contributed by atoms with Gasteiger partial charge in [0.05, 0.1) is 41.0 Å². The molecular formula is C28H39NO8. The molecule has 0 fully saturated rings. The van der Waals surface area contributed by atoms with Crippen LogP contribution in [-0.4, -0.2) is 65.4 Å². The summed E-state index contributed by atoms with van der Waals surface area (Å²) in [5.74, 6) is 1.79. The first-order chi connectivity index (χ1) is 17.8. The molecule has 0 spiro atoms. The summed E-state index contributed by atoms with van der Waals surface area (Å²) in [6.07, 6.45) is -1.18. The van der Waals surface area contributed by atoms with E-state index in [1.165, 1.54) is 6.92 Å². The predicted molar refractivity (Wildman–Crippen MR) is 139 cm³/mol. The fourth-order valence-corrected chi connectivity index (χ4v) is 5.08. The van der Waals surface area contributed by atoms with Gasteiger partial charge in [-0.2, -0.15) is 0 Å². The number of benzene rings is 2. The van der Waals surface area contributed by atoms with E-state index in [1.807, 2.05) is 44.2 Å². The fraction of sp³-hybridized carbons (Fsp3) is 0.536. The van der Waals surface area contributed by atoms with Crippen LogP contribution in [0.3, 0.4) is 0 Å². The highest BCUT2D eigenvalue weighted by Gasteiger charge is 2.46. The maximum atomic E-state index is 12.5. The number of carbonyl (C=O) groups is 1. The normalized spacial score (nSPS) is 19.3. The molecule has 0 unspecified atom stereocenters. The van der Waals surface area contributed by atoms with Gasteiger partial charge in [0.15, 0.2) is 17.8 Å². The molecule has 0 N–H and O–H groups in total. The second-order valence-electron chi connectivity index (χ2n) is 8.61. The van der Waals surface area contributed by atoms with E-state index in [4.69, 9.17) is 33.2 Å². The average molecular weight is 518 g/mol. The first-order valence-corrected chi connectivity index (χ1v) is 12.5. The van der Waals surface area contributed by atoms with Gasteiger partial charge in [0.25, 0.3) is 0 Å². The van der Waals surface area contributed by atoms with Gasteiger partial charge in [-0.05, 0) is 44.5 Å². The minimum atomic E-state index is -0.687. The molecule has 1 aliphatic heterocycles. The van der Waals surface area contributed by atoms with Crippen LogP contribution in [0.5, 0.6) is 23.0 Å². The van der Waals surface area contributed by atoms with Crippen LogP contribution in [0.25, 0.3) is 0 Å². The second-order valence-corrected chi connectivity index (χ2v) is 8.61. The topological polar surface area (TPSA) is 84.9 Å². The summed E-state index contributed by atoms with van der Waals surface area (Å²) in [7, 11) is 6.35. The number of fused-ring (bicyclic) bond motifs is 1. The molecule has 0 saturated carbocycles. The van der Waals surface area contributed by atoms with Crippen molar-refractivity contribution in [1.29, 1.82) is 0 Å². The van der Waals surface area contributed by atoms with Crippen molar-refractivity contribution in [1.82, 2.24) is 4.90 Å². The number of carbonyl (C=O) groups excluding carboxylic acids is 1. The minimum Gasteiger partial charge on any atom is -0.497 e. The van der Waals surface area contributed by atoms with Gasteiger partial charge in [0.2, 0.25) is 5.75 Å². The van der Waals surface area contributed by atoms with E-state index in [0.717, 1.165) is 16.7 Å². The molecule has 1 heterocycles. The van der Waals surface area contributed by atoms with Crippen LogP contribution in [0, 0.1) is 0 Å². The van der Waals surface area contributed by atoms with Crippen LogP contribution >= 0.6 is 0 Å². The van der Waals surface area contributed by atoms with Crippen LogP contribution in [-0.2, 0) is 19.0 Å². The van der Waals surface area contributed by atoms with E-state index in [9.17, 15) is 4.79 Å². The van der Waals surface area contributed by atoms with Crippen molar-refractivity contribution < 1.29 is 38.0 Å². The molecule has 0 aliphatic carbocycles. The van der Waals surface area contributed by atoms with Gasteiger partial charge in [0, 0.05) is 37.3 Å². The molecule has 37 heavy (non-hydrogen) atoms. The average Bonchev–Trinajstić information content (AvgIpc) is 2.89. The molecule has 3 atom stereocenters. The summed E-state index contributed by atoms with van der Waals surface area (Å²) in [5.41, 5.74) is 2.55. The van der Waals surface area contributed by atoms with Crippen LogP contribution in [0.4, 0.5) is 0 Å². The molecule has 9 heteroatoms. The van der Waals surface area contributed by atoms with Crippen molar-refractivity contribution in [2.75, 3.05) is 48.2 Å². The summed E-state index contributed by atoms with van der Waals surface area (Å²) in [5, 5.41) is 0. The number of nitrogens with zero attached hydrogens (tertiary/aromatic N) is 1. The lowest BCUT2D eigenvalue weighted by molar-refractivity contribution is -0.170. The zero-order valence-electron chi connectivity index (χ0n) is 23.0. The molecule has 1 aliphatic rings. The smallest absolute Gasteiger partial charge is 0.303 e.